The van der Waals surface area contributed by atoms with E-state index >= 15 is 0 Å². The van der Waals surface area contributed by atoms with E-state index in [4.69, 9.17) is 10.2 Å². The Balaban J connectivity index is 1.99. The molecule has 1 aromatic carbocycles. The van der Waals surface area contributed by atoms with E-state index in [1.165, 1.54) is 5.56 Å². The predicted molar refractivity (Wildman–Crippen MR) is 78.9 cm³/mol. The standard InChI is InChI=1S/C14H19N3OS/c1-10-5-4-6-11(7-10)13-17-16-12(18-13)8-19-9-14(2,3)15/h4-7H,8-9,15H2,1-3H3. The number of nitrogens with two attached hydrogens (primary N) is 1. The molecule has 0 aliphatic rings. The highest BCUT2D eigenvalue weighted by atomic mass is 32.2. The Hall–Kier alpha value is -1.33. The summed E-state index contributed by atoms with van der Waals surface area (Å²) in [5.41, 5.74) is 7.89. The fraction of sp³-hybridized carbons (Fsp3) is 0.429. The van der Waals surface area contributed by atoms with E-state index in [-0.39, 0.29) is 5.54 Å². The fourth-order valence-electron chi connectivity index (χ4n) is 1.61. The number of hydrogen-bond acceptors (Lipinski definition) is 5. The molecule has 1 aromatic heterocycles. The highest BCUT2D eigenvalue weighted by Crippen LogP contribution is 2.21. The number of aromatic nitrogens is 2. The van der Waals surface area contributed by atoms with Crippen molar-refractivity contribution in [3.8, 4) is 11.5 Å². The smallest absolute Gasteiger partial charge is 0.247 e. The van der Waals surface area contributed by atoms with Crippen molar-refractivity contribution in [1.29, 1.82) is 0 Å². The quantitative estimate of drug-likeness (QED) is 0.910. The van der Waals surface area contributed by atoms with Gasteiger partial charge in [-0.1, -0.05) is 17.7 Å². The SMILES string of the molecule is Cc1cccc(-c2nnc(CSCC(C)(C)N)o2)c1. The van der Waals surface area contributed by atoms with Gasteiger partial charge in [0.2, 0.25) is 11.8 Å². The van der Waals surface area contributed by atoms with Crippen LogP contribution in [0.4, 0.5) is 0 Å². The van der Waals surface area contributed by atoms with Gasteiger partial charge in [0, 0.05) is 16.9 Å². The zero-order valence-corrected chi connectivity index (χ0v) is 12.3. The van der Waals surface area contributed by atoms with Crippen LogP contribution in [-0.4, -0.2) is 21.5 Å². The molecule has 19 heavy (non-hydrogen) atoms. The van der Waals surface area contributed by atoms with E-state index in [2.05, 4.69) is 10.2 Å². The van der Waals surface area contributed by atoms with Gasteiger partial charge in [-0.15, -0.1) is 10.2 Å². The van der Waals surface area contributed by atoms with Crippen molar-refractivity contribution in [3.05, 3.63) is 35.7 Å². The molecule has 2 aromatic rings. The lowest BCUT2D eigenvalue weighted by Gasteiger charge is -2.16. The Morgan fingerprint density at radius 3 is 2.79 bits per heavy atom. The fourth-order valence-corrected chi connectivity index (χ4v) is 2.53. The number of thioether (sulfide) groups is 1. The third-order valence-electron chi connectivity index (χ3n) is 2.43. The molecule has 5 heteroatoms. The molecular weight excluding hydrogens is 258 g/mol. The number of benzene rings is 1. The first-order valence-corrected chi connectivity index (χ1v) is 7.35. The molecule has 0 unspecified atom stereocenters. The van der Waals surface area contributed by atoms with E-state index in [0.29, 0.717) is 17.5 Å². The molecule has 0 fully saturated rings. The van der Waals surface area contributed by atoms with Crippen LogP contribution in [0.2, 0.25) is 0 Å². The van der Waals surface area contributed by atoms with Gasteiger partial charge < -0.3 is 10.2 Å². The third-order valence-corrected chi connectivity index (χ3v) is 3.83. The second kappa shape index (κ2) is 5.75. The number of rotatable bonds is 5. The molecule has 0 aliphatic heterocycles. The van der Waals surface area contributed by atoms with E-state index in [0.717, 1.165) is 11.3 Å². The van der Waals surface area contributed by atoms with Crippen molar-refractivity contribution in [2.24, 2.45) is 5.73 Å². The van der Waals surface area contributed by atoms with Crippen molar-refractivity contribution < 1.29 is 4.42 Å². The van der Waals surface area contributed by atoms with Gasteiger partial charge in [-0.25, -0.2) is 0 Å². The summed E-state index contributed by atoms with van der Waals surface area (Å²) >= 11 is 1.70. The number of hydrogen-bond donors (Lipinski definition) is 1. The first kappa shape index (κ1) is 14.1. The molecule has 1 heterocycles. The van der Waals surface area contributed by atoms with Crippen LogP contribution in [0.1, 0.15) is 25.3 Å². The van der Waals surface area contributed by atoms with Gasteiger partial charge in [-0.3, -0.25) is 0 Å². The molecule has 0 saturated carbocycles. The Morgan fingerprint density at radius 2 is 2.11 bits per heavy atom. The Morgan fingerprint density at radius 1 is 1.32 bits per heavy atom. The molecule has 0 atom stereocenters. The number of aryl methyl sites for hydroxylation is 1. The molecule has 0 aliphatic carbocycles. The second-order valence-corrected chi connectivity index (χ2v) is 6.34. The zero-order valence-electron chi connectivity index (χ0n) is 11.5. The van der Waals surface area contributed by atoms with Crippen LogP contribution < -0.4 is 5.73 Å². The van der Waals surface area contributed by atoms with Crippen LogP contribution >= 0.6 is 11.8 Å². The zero-order chi connectivity index (χ0) is 13.9. The summed E-state index contributed by atoms with van der Waals surface area (Å²) < 4.78 is 5.66. The predicted octanol–water partition coefficient (Wildman–Crippen LogP) is 3.02. The van der Waals surface area contributed by atoms with Crippen LogP contribution in [0, 0.1) is 6.92 Å². The van der Waals surface area contributed by atoms with Gasteiger partial charge in [0.1, 0.15) is 0 Å². The highest BCUT2D eigenvalue weighted by molar-refractivity contribution is 7.98. The van der Waals surface area contributed by atoms with Gasteiger partial charge in [0.25, 0.3) is 0 Å². The molecular formula is C14H19N3OS. The summed E-state index contributed by atoms with van der Waals surface area (Å²) in [5, 5.41) is 8.14. The van der Waals surface area contributed by atoms with Gasteiger partial charge >= 0.3 is 0 Å². The van der Waals surface area contributed by atoms with E-state index in [9.17, 15) is 0 Å². The summed E-state index contributed by atoms with van der Waals surface area (Å²) in [4.78, 5) is 0. The summed E-state index contributed by atoms with van der Waals surface area (Å²) in [6, 6.07) is 8.04. The number of nitrogens with zero attached hydrogens (tertiary/aromatic N) is 2. The lowest BCUT2D eigenvalue weighted by molar-refractivity contribution is 0.527. The largest absolute Gasteiger partial charge is 0.420 e. The van der Waals surface area contributed by atoms with Gasteiger partial charge in [-0.2, -0.15) is 11.8 Å². The average Bonchev–Trinajstić information content (AvgIpc) is 2.76. The molecule has 0 amide bonds. The van der Waals surface area contributed by atoms with Crippen LogP contribution in [0.5, 0.6) is 0 Å². The molecule has 0 bridgehead atoms. The van der Waals surface area contributed by atoms with Gasteiger partial charge in [0.05, 0.1) is 5.75 Å². The van der Waals surface area contributed by atoms with Crippen LogP contribution in [-0.2, 0) is 5.75 Å². The summed E-state index contributed by atoms with van der Waals surface area (Å²) in [6.45, 7) is 6.05. The second-order valence-electron chi connectivity index (χ2n) is 5.35. The van der Waals surface area contributed by atoms with Crippen molar-refractivity contribution in [2.75, 3.05) is 5.75 Å². The van der Waals surface area contributed by atoms with Gasteiger partial charge in [0.15, 0.2) is 0 Å². The minimum absolute atomic E-state index is 0.177. The normalized spacial score (nSPS) is 11.8. The van der Waals surface area contributed by atoms with Crippen molar-refractivity contribution in [2.45, 2.75) is 32.1 Å². The average molecular weight is 277 g/mol. The van der Waals surface area contributed by atoms with Crippen molar-refractivity contribution in [3.63, 3.8) is 0 Å². The molecule has 0 spiro atoms. The van der Waals surface area contributed by atoms with Crippen LogP contribution in [0.25, 0.3) is 11.5 Å². The topological polar surface area (TPSA) is 64.9 Å². The molecule has 102 valence electrons. The highest BCUT2D eigenvalue weighted by Gasteiger charge is 2.13. The first-order valence-electron chi connectivity index (χ1n) is 6.20. The van der Waals surface area contributed by atoms with E-state index < -0.39 is 0 Å². The summed E-state index contributed by atoms with van der Waals surface area (Å²) in [5.74, 6) is 2.77. The maximum atomic E-state index is 5.93. The Bertz CT molecular complexity index is 546. The minimum atomic E-state index is -0.177. The van der Waals surface area contributed by atoms with Crippen molar-refractivity contribution in [1.82, 2.24) is 10.2 Å². The summed E-state index contributed by atoms with van der Waals surface area (Å²) in [7, 11) is 0. The van der Waals surface area contributed by atoms with Crippen molar-refractivity contribution >= 4 is 11.8 Å². The molecule has 4 nitrogen and oxygen atoms in total. The molecule has 2 N–H and O–H groups in total. The Kier molecular flexibility index (Phi) is 4.27. The molecule has 2 rings (SSSR count). The molecule has 0 radical (unpaired) electrons. The lowest BCUT2D eigenvalue weighted by Crippen LogP contribution is -2.34. The maximum Gasteiger partial charge on any atom is 0.247 e. The van der Waals surface area contributed by atoms with E-state index in [1.807, 2.05) is 45.0 Å². The van der Waals surface area contributed by atoms with Crippen LogP contribution in [0.3, 0.4) is 0 Å². The first-order chi connectivity index (χ1) is 8.94. The monoisotopic (exact) mass is 277 g/mol. The third kappa shape index (κ3) is 4.36. The lowest BCUT2D eigenvalue weighted by atomic mass is 10.1. The van der Waals surface area contributed by atoms with Crippen LogP contribution in [0.15, 0.2) is 28.7 Å². The molecule has 0 saturated heterocycles. The van der Waals surface area contributed by atoms with Gasteiger partial charge in [-0.05, 0) is 32.9 Å². The van der Waals surface area contributed by atoms with E-state index in [1.54, 1.807) is 11.8 Å². The Labute approximate surface area is 117 Å². The minimum Gasteiger partial charge on any atom is -0.420 e. The maximum absolute atomic E-state index is 5.93. The summed E-state index contributed by atoms with van der Waals surface area (Å²) in [6.07, 6.45) is 0.